The number of anilines is 1. The Morgan fingerprint density at radius 2 is 2.10 bits per heavy atom. The quantitative estimate of drug-likeness (QED) is 0.798. The van der Waals surface area contributed by atoms with Crippen molar-refractivity contribution in [1.82, 2.24) is 14.9 Å². The smallest absolute Gasteiger partial charge is 0.226 e. The van der Waals surface area contributed by atoms with Crippen LogP contribution < -0.4 is 10.1 Å². The van der Waals surface area contributed by atoms with Gasteiger partial charge in [0.1, 0.15) is 0 Å². The largest absolute Gasteiger partial charge is 0.478 e. The summed E-state index contributed by atoms with van der Waals surface area (Å²) in [5.41, 5.74) is 0.933. The first-order chi connectivity index (χ1) is 10.2. The van der Waals surface area contributed by atoms with Crippen LogP contribution >= 0.6 is 0 Å². The van der Waals surface area contributed by atoms with Crippen LogP contribution in [0.25, 0.3) is 0 Å². The number of aryl methyl sites for hydroxylation is 1. The van der Waals surface area contributed by atoms with Crippen molar-refractivity contribution in [3.63, 3.8) is 0 Å². The predicted octanol–water partition coefficient (Wildman–Crippen LogP) is 2.86. The minimum atomic E-state index is 0.663. The van der Waals surface area contributed by atoms with Gasteiger partial charge in [0.15, 0.2) is 0 Å². The number of aromatic nitrogens is 2. The van der Waals surface area contributed by atoms with Crippen molar-refractivity contribution in [2.24, 2.45) is 0 Å². The van der Waals surface area contributed by atoms with Crippen molar-refractivity contribution in [2.45, 2.75) is 52.0 Å². The number of rotatable bonds is 8. The highest BCUT2D eigenvalue weighted by molar-refractivity contribution is 5.30. The van der Waals surface area contributed by atoms with E-state index >= 15 is 0 Å². The van der Waals surface area contributed by atoms with E-state index < -0.39 is 0 Å². The molecule has 1 aliphatic rings. The first-order valence-electron chi connectivity index (χ1n) is 8.11. The molecule has 0 spiro atoms. The average molecular weight is 292 g/mol. The molecule has 0 amide bonds. The Morgan fingerprint density at radius 1 is 1.33 bits per heavy atom. The number of nitrogens with zero attached hydrogens (tertiary/aromatic N) is 3. The van der Waals surface area contributed by atoms with E-state index in [0.29, 0.717) is 18.4 Å². The fraction of sp³-hybridized carbons (Fsp3) is 0.750. The maximum Gasteiger partial charge on any atom is 0.226 e. The Labute approximate surface area is 128 Å². The van der Waals surface area contributed by atoms with Crippen molar-refractivity contribution in [1.29, 1.82) is 0 Å². The highest BCUT2D eigenvalue weighted by atomic mass is 16.5. The average Bonchev–Trinajstić information content (AvgIpc) is 2.99. The molecule has 0 radical (unpaired) electrons. The van der Waals surface area contributed by atoms with E-state index in [1.807, 2.05) is 13.0 Å². The SMILES string of the molecule is CCCOc1cc(C)nc(NCCN(C)C2CCCC2)n1. The minimum absolute atomic E-state index is 0.663. The van der Waals surface area contributed by atoms with E-state index in [1.165, 1.54) is 25.7 Å². The second-order valence-electron chi connectivity index (χ2n) is 5.87. The van der Waals surface area contributed by atoms with Gasteiger partial charge in [0.25, 0.3) is 0 Å². The van der Waals surface area contributed by atoms with E-state index in [4.69, 9.17) is 4.74 Å². The van der Waals surface area contributed by atoms with Crippen molar-refractivity contribution in [3.8, 4) is 5.88 Å². The van der Waals surface area contributed by atoms with E-state index in [0.717, 1.165) is 31.2 Å². The van der Waals surface area contributed by atoms with Crippen molar-refractivity contribution >= 4 is 5.95 Å². The van der Waals surface area contributed by atoms with Gasteiger partial charge in [0.05, 0.1) is 6.61 Å². The Balaban J connectivity index is 1.80. The van der Waals surface area contributed by atoms with Crippen molar-refractivity contribution in [2.75, 3.05) is 32.1 Å². The molecule has 0 aromatic carbocycles. The van der Waals surface area contributed by atoms with Gasteiger partial charge in [-0.05, 0) is 33.2 Å². The summed E-state index contributed by atoms with van der Waals surface area (Å²) in [5, 5.41) is 3.31. The summed E-state index contributed by atoms with van der Waals surface area (Å²) in [7, 11) is 2.21. The molecule has 1 saturated carbocycles. The van der Waals surface area contributed by atoms with Gasteiger partial charge in [0, 0.05) is 30.9 Å². The van der Waals surface area contributed by atoms with Gasteiger partial charge in [-0.15, -0.1) is 0 Å². The molecule has 1 fully saturated rings. The zero-order chi connectivity index (χ0) is 15.1. The predicted molar refractivity (Wildman–Crippen MR) is 85.9 cm³/mol. The first kappa shape index (κ1) is 16.0. The summed E-state index contributed by atoms with van der Waals surface area (Å²) in [6, 6.07) is 2.64. The van der Waals surface area contributed by atoms with Gasteiger partial charge >= 0.3 is 0 Å². The van der Waals surface area contributed by atoms with Gasteiger partial charge in [-0.1, -0.05) is 19.8 Å². The van der Waals surface area contributed by atoms with Gasteiger partial charge in [0.2, 0.25) is 11.8 Å². The molecule has 1 aliphatic carbocycles. The lowest BCUT2D eigenvalue weighted by molar-refractivity contribution is 0.254. The van der Waals surface area contributed by atoms with Crippen LogP contribution in [0.5, 0.6) is 5.88 Å². The molecule has 5 nitrogen and oxygen atoms in total. The summed E-state index contributed by atoms with van der Waals surface area (Å²) in [6.45, 7) is 6.64. The third-order valence-corrected chi connectivity index (χ3v) is 3.98. The van der Waals surface area contributed by atoms with Crippen LogP contribution in [0.15, 0.2) is 6.07 Å². The maximum absolute atomic E-state index is 5.58. The zero-order valence-electron chi connectivity index (χ0n) is 13.6. The molecule has 0 saturated heterocycles. The highest BCUT2D eigenvalue weighted by Gasteiger charge is 2.18. The third-order valence-electron chi connectivity index (χ3n) is 3.98. The Bertz CT molecular complexity index is 432. The van der Waals surface area contributed by atoms with Crippen LogP contribution in [-0.2, 0) is 0 Å². The molecule has 0 aliphatic heterocycles. The Kier molecular flexibility index (Phi) is 6.23. The number of nitrogens with one attached hydrogen (secondary N) is 1. The molecule has 1 N–H and O–H groups in total. The fourth-order valence-corrected chi connectivity index (χ4v) is 2.77. The van der Waals surface area contributed by atoms with Crippen molar-refractivity contribution in [3.05, 3.63) is 11.8 Å². The lowest BCUT2D eigenvalue weighted by Crippen LogP contribution is -2.33. The number of ether oxygens (including phenoxy) is 1. The van der Waals surface area contributed by atoms with E-state index in [1.54, 1.807) is 0 Å². The van der Waals surface area contributed by atoms with Crippen LogP contribution in [0.4, 0.5) is 5.95 Å². The standard InChI is InChI=1S/C16H28N4O/c1-4-11-21-15-12-13(2)18-16(19-15)17-9-10-20(3)14-7-5-6-8-14/h12,14H,4-11H2,1-3H3,(H,17,18,19). The molecular weight excluding hydrogens is 264 g/mol. The van der Waals surface area contributed by atoms with Crippen LogP contribution in [0.3, 0.4) is 0 Å². The number of hydrogen-bond acceptors (Lipinski definition) is 5. The molecule has 0 atom stereocenters. The van der Waals surface area contributed by atoms with E-state index in [9.17, 15) is 0 Å². The van der Waals surface area contributed by atoms with E-state index in [-0.39, 0.29) is 0 Å². The topological polar surface area (TPSA) is 50.3 Å². The van der Waals surface area contributed by atoms with Gasteiger partial charge < -0.3 is 15.0 Å². The second-order valence-corrected chi connectivity index (χ2v) is 5.87. The summed E-state index contributed by atoms with van der Waals surface area (Å²) >= 11 is 0. The maximum atomic E-state index is 5.58. The fourth-order valence-electron chi connectivity index (χ4n) is 2.77. The Morgan fingerprint density at radius 3 is 2.81 bits per heavy atom. The summed E-state index contributed by atoms with van der Waals surface area (Å²) in [4.78, 5) is 11.3. The molecular formula is C16H28N4O. The molecule has 5 heteroatoms. The molecule has 1 aromatic heterocycles. The number of hydrogen-bond donors (Lipinski definition) is 1. The van der Waals surface area contributed by atoms with Gasteiger partial charge in [-0.25, -0.2) is 4.98 Å². The monoisotopic (exact) mass is 292 g/mol. The van der Waals surface area contributed by atoms with Crippen molar-refractivity contribution < 1.29 is 4.74 Å². The third kappa shape index (κ3) is 5.16. The molecule has 21 heavy (non-hydrogen) atoms. The molecule has 0 unspecified atom stereocenters. The van der Waals surface area contributed by atoms with Crippen LogP contribution in [0, 0.1) is 6.92 Å². The lowest BCUT2D eigenvalue weighted by atomic mass is 10.2. The molecule has 2 rings (SSSR count). The summed E-state index contributed by atoms with van der Waals surface area (Å²) in [5.74, 6) is 1.33. The molecule has 1 aromatic rings. The summed E-state index contributed by atoms with van der Waals surface area (Å²) < 4.78 is 5.58. The van der Waals surface area contributed by atoms with Crippen LogP contribution in [0.1, 0.15) is 44.7 Å². The molecule has 0 bridgehead atoms. The van der Waals surface area contributed by atoms with Gasteiger partial charge in [-0.2, -0.15) is 4.98 Å². The molecule has 118 valence electrons. The lowest BCUT2D eigenvalue weighted by Gasteiger charge is -2.23. The normalized spacial score (nSPS) is 15.6. The zero-order valence-corrected chi connectivity index (χ0v) is 13.6. The highest BCUT2D eigenvalue weighted by Crippen LogP contribution is 2.22. The minimum Gasteiger partial charge on any atom is -0.478 e. The first-order valence-corrected chi connectivity index (χ1v) is 8.11. The Hall–Kier alpha value is -1.36. The van der Waals surface area contributed by atoms with Crippen LogP contribution in [0.2, 0.25) is 0 Å². The summed E-state index contributed by atoms with van der Waals surface area (Å²) in [6.07, 6.45) is 6.42. The number of likely N-dealkylation sites (N-methyl/N-ethyl adjacent to an activating group) is 1. The second kappa shape index (κ2) is 8.17. The van der Waals surface area contributed by atoms with Gasteiger partial charge in [-0.3, -0.25) is 0 Å². The van der Waals surface area contributed by atoms with E-state index in [2.05, 4.69) is 34.2 Å². The van der Waals surface area contributed by atoms with Crippen LogP contribution in [-0.4, -0.2) is 47.7 Å². The molecule has 1 heterocycles.